The van der Waals surface area contributed by atoms with Gasteiger partial charge >= 0.3 is 5.97 Å². The van der Waals surface area contributed by atoms with Gasteiger partial charge in [-0.2, -0.15) is 5.26 Å². The zero-order valence-electron chi connectivity index (χ0n) is 14.2. The lowest BCUT2D eigenvalue weighted by atomic mass is 10.2. The molecule has 27 heavy (non-hydrogen) atoms. The van der Waals surface area contributed by atoms with Crippen LogP contribution in [0, 0.1) is 11.3 Å². The van der Waals surface area contributed by atoms with E-state index in [4.69, 9.17) is 21.6 Å². The van der Waals surface area contributed by atoms with Gasteiger partial charge in [0.15, 0.2) is 6.61 Å². The summed E-state index contributed by atoms with van der Waals surface area (Å²) in [6.45, 7) is -0.204. The molecular formula is C20H15ClN2O3S. The van der Waals surface area contributed by atoms with Gasteiger partial charge in [0.1, 0.15) is 4.88 Å². The number of esters is 1. The number of benzene rings is 2. The number of ether oxygens (including phenoxy) is 1. The Kier molecular flexibility index (Phi) is 6.07. The van der Waals surface area contributed by atoms with Gasteiger partial charge in [-0.15, -0.1) is 11.3 Å². The van der Waals surface area contributed by atoms with Crippen molar-refractivity contribution in [2.24, 2.45) is 0 Å². The predicted octanol–water partition coefficient (Wildman–Crippen LogP) is 4.66. The van der Waals surface area contributed by atoms with Crippen molar-refractivity contribution in [1.29, 1.82) is 5.26 Å². The molecule has 1 amide bonds. The molecule has 7 heteroatoms. The fourth-order valence-electron chi connectivity index (χ4n) is 2.58. The van der Waals surface area contributed by atoms with Crippen LogP contribution in [0.25, 0.3) is 10.1 Å². The van der Waals surface area contributed by atoms with E-state index in [0.29, 0.717) is 10.7 Å². The highest BCUT2D eigenvalue weighted by Crippen LogP contribution is 2.35. The number of rotatable bonds is 6. The number of halogens is 1. The largest absolute Gasteiger partial charge is 0.451 e. The van der Waals surface area contributed by atoms with Crippen LogP contribution in [0.15, 0.2) is 54.6 Å². The SMILES string of the molecule is N#CCCN(C(=O)COC(=O)c1sc2ccccc2c1Cl)c1ccccc1. The Hall–Kier alpha value is -2.88. The number of hydrogen-bond acceptors (Lipinski definition) is 5. The minimum atomic E-state index is -0.636. The molecule has 0 unspecified atom stereocenters. The van der Waals surface area contributed by atoms with Gasteiger partial charge in [0.25, 0.3) is 5.91 Å². The molecule has 0 aliphatic heterocycles. The van der Waals surface area contributed by atoms with Crippen molar-refractivity contribution >= 4 is 50.6 Å². The van der Waals surface area contributed by atoms with Gasteiger partial charge in [0, 0.05) is 22.3 Å². The van der Waals surface area contributed by atoms with E-state index in [1.807, 2.05) is 36.4 Å². The molecule has 0 aliphatic rings. The molecule has 0 saturated heterocycles. The van der Waals surface area contributed by atoms with Crippen LogP contribution >= 0.6 is 22.9 Å². The van der Waals surface area contributed by atoms with Crippen molar-refractivity contribution < 1.29 is 14.3 Å². The number of carbonyl (C=O) groups is 2. The molecule has 0 atom stereocenters. The van der Waals surface area contributed by atoms with Crippen molar-refractivity contribution in [3.63, 3.8) is 0 Å². The summed E-state index contributed by atoms with van der Waals surface area (Å²) in [5.74, 6) is -1.04. The first kappa shape index (κ1) is 18.9. The fraction of sp³-hybridized carbons (Fsp3) is 0.150. The minimum Gasteiger partial charge on any atom is -0.451 e. The van der Waals surface area contributed by atoms with Crippen LogP contribution in [-0.4, -0.2) is 25.0 Å². The highest BCUT2D eigenvalue weighted by atomic mass is 35.5. The van der Waals surface area contributed by atoms with Crippen LogP contribution in [0.3, 0.4) is 0 Å². The molecule has 3 rings (SSSR count). The summed E-state index contributed by atoms with van der Waals surface area (Å²) < 4.78 is 6.07. The summed E-state index contributed by atoms with van der Waals surface area (Å²) in [5, 5.41) is 9.93. The molecule has 2 aromatic carbocycles. The highest BCUT2D eigenvalue weighted by molar-refractivity contribution is 7.21. The lowest BCUT2D eigenvalue weighted by Crippen LogP contribution is -2.35. The molecule has 1 heterocycles. The first-order valence-electron chi connectivity index (χ1n) is 8.18. The van der Waals surface area contributed by atoms with E-state index >= 15 is 0 Å². The van der Waals surface area contributed by atoms with Crippen LogP contribution in [0.4, 0.5) is 5.69 Å². The van der Waals surface area contributed by atoms with Crippen LogP contribution < -0.4 is 4.90 Å². The second-order valence-electron chi connectivity index (χ2n) is 5.61. The van der Waals surface area contributed by atoms with E-state index in [-0.39, 0.29) is 17.8 Å². The van der Waals surface area contributed by atoms with Gasteiger partial charge in [0.05, 0.1) is 17.5 Å². The third-order valence-electron chi connectivity index (χ3n) is 3.86. The molecule has 0 aliphatic carbocycles. The molecule has 5 nitrogen and oxygen atoms in total. The topological polar surface area (TPSA) is 70.4 Å². The molecule has 0 radical (unpaired) electrons. The minimum absolute atomic E-state index is 0.177. The van der Waals surface area contributed by atoms with E-state index in [1.54, 1.807) is 24.3 Å². The summed E-state index contributed by atoms with van der Waals surface area (Å²) in [4.78, 5) is 26.7. The molecule has 0 N–H and O–H groups in total. The van der Waals surface area contributed by atoms with Crippen molar-refractivity contribution in [3.8, 4) is 6.07 Å². The molecule has 0 bridgehead atoms. The fourth-order valence-corrected chi connectivity index (χ4v) is 3.99. The maximum Gasteiger partial charge on any atom is 0.350 e. The van der Waals surface area contributed by atoms with Crippen LogP contribution in [0.5, 0.6) is 0 Å². The molecule has 0 saturated carbocycles. The Morgan fingerprint density at radius 1 is 1.11 bits per heavy atom. The van der Waals surface area contributed by atoms with Gasteiger partial charge in [-0.3, -0.25) is 4.79 Å². The number of fused-ring (bicyclic) bond motifs is 1. The first-order valence-corrected chi connectivity index (χ1v) is 9.37. The predicted molar refractivity (Wildman–Crippen MR) is 106 cm³/mol. The number of para-hydroxylation sites is 1. The van der Waals surface area contributed by atoms with E-state index in [2.05, 4.69) is 0 Å². The van der Waals surface area contributed by atoms with Crippen LogP contribution in [-0.2, 0) is 9.53 Å². The molecule has 136 valence electrons. The van der Waals surface area contributed by atoms with Crippen molar-refractivity contribution in [3.05, 3.63) is 64.5 Å². The van der Waals surface area contributed by atoms with E-state index in [0.717, 1.165) is 10.1 Å². The van der Waals surface area contributed by atoms with Crippen LogP contribution in [0.1, 0.15) is 16.1 Å². The average molecular weight is 399 g/mol. The van der Waals surface area contributed by atoms with Crippen molar-refractivity contribution in [2.45, 2.75) is 6.42 Å². The zero-order chi connectivity index (χ0) is 19.2. The standard InChI is InChI=1S/C20H15ClN2O3S/c21-18-15-9-4-5-10-16(15)27-19(18)20(25)26-13-17(24)23(12-6-11-22)14-7-2-1-3-8-14/h1-5,7-10H,6,12-13H2. The molecule has 3 aromatic rings. The number of amides is 1. The summed E-state index contributed by atoms with van der Waals surface area (Å²) in [5.41, 5.74) is 0.647. The van der Waals surface area contributed by atoms with Gasteiger partial charge in [-0.1, -0.05) is 48.0 Å². The number of anilines is 1. The third-order valence-corrected chi connectivity index (χ3v) is 5.52. The zero-order valence-corrected chi connectivity index (χ0v) is 15.8. The Bertz CT molecular complexity index is 1010. The lowest BCUT2D eigenvalue weighted by molar-refractivity contribution is -0.121. The first-order chi connectivity index (χ1) is 13.1. The molecule has 0 fully saturated rings. The van der Waals surface area contributed by atoms with Gasteiger partial charge in [-0.25, -0.2) is 4.79 Å². The Morgan fingerprint density at radius 3 is 2.52 bits per heavy atom. The quantitative estimate of drug-likeness (QED) is 0.566. The van der Waals surface area contributed by atoms with E-state index < -0.39 is 18.5 Å². The second-order valence-corrected chi connectivity index (χ2v) is 7.04. The third kappa shape index (κ3) is 4.27. The lowest BCUT2D eigenvalue weighted by Gasteiger charge is -2.21. The maximum atomic E-state index is 12.6. The van der Waals surface area contributed by atoms with Crippen LogP contribution in [0.2, 0.25) is 5.02 Å². The maximum absolute atomic E-state index is 12.6. The van der Waals surface area contributed by atoms with Gasteiger partial charge < -0.3 is 9.64 Å². The monoisotopic (exact) mass is 398 g/mol. The normalized spacial score (nSPS) is 10.4. The number of nitrogens with zero attached hydrogens (tertiary/aromatic N) is 2. The Balaban J connectivity index is 1.71. The molecular weight excluding hydrogens is 384 g/mol. The smallest absolute Gasteiger partial charge is 0.350 e. The van der Waals surface area contributed by atoms with Gasteiger partial charge in [0.2, 0.25) is 0 Å². The second kappa shape index (κ2) is 8.67. The number of hydrogen-bond donors (Lipinski definition) is 0. The average Bonchev–Trinajstić information content (AvgIpc) is 3.04. The number of nitriles is 1. The number of thiophene rings is 1. The molecule has 0 spiro atoms. The number of carbonyl (C=O) groups excluding carboxylic acids is 2. The Morgan fingerprint density at radius 2 is 1.81 bits per heavy atom. The summed E-state index contributed by atoms with van der Waals surface area (Å²) in [7, 11) is 0. The van der Waals surface area contributed by atoms with E-state index in [1.165, 1.54) is 16.2 Å². The summed E-state index contributed by atoms with van der Waals surface area (Å²) in [6.07, 6.45) is 0.177. The van der Waals surface area contributed by atoms with Crippen molar-refractivity contribution in [1.82, 2.24) is 0 Å². The van der Waals surface area contributed by atoms with E-state index in [9.17, 15) is 9.59 Å². The summed E-state index contributed by atoms with van der Waals surface area (Å²) >= 11 is 7.50. The molecule has 1 aromatic heterocycles. The Labute approximate surface area is 165 Å². The van der Waals surface area contributed by atoms with Crippen molar-refractivity contribution in [2.75, 3.05) is 18.1 Å². The highest BCUT2D eigenvalue weighted by Gasteiger charge is 2.21. The summed E-state index contributed by atoms with van der Waals surface area (Å²) in [6, 6.07) is 18.4. The van der Waals surface area contributed by atoms with Gasteiger partial charge in [-0.05, 0) is 18.2 Å².